The van der Waals surface area contributed by atoms with Crippen molar-refractivity contribution in [3.05, 3.63) is 65.4 Å². The molecule has 0 unspecified atom stereocenters. The van der Waals surface area contributed by atoms with E-state index >= 15 is 0 Å². The second-order valence-electron chi connectivity index (χ2n) is 5.89. The molecule has 27 heavy (non-hydrogen) atoms. The summed E-state index contributed by atoms with van der Waals surface area (Å²) in [6, 6.07) is 12.6. The molecule has 1 atom stereocenters. The highest BCUT2D eigenvalue weighted by Crippen LogP contribution is 2.35. The molecule has 5 nitrogen and oxygen atoms in total. The Labute approximate surface area is 154 Å². The van der Waals surface area contributed by atoms with Crippen LogP contribution in [-0.2, 0) is 11.0 Å². The van der Waals surface area contributed by atoms with Crippen molar-refractivity contribution in [3.8, 4) is 0 Å². The van der Waals surface area contributed by atoms with Crippen LogP contribution in [-0.4, -0.2) is 20.4 Å². The zero-order valence-corrected chi connectivity index (χ0v) is 14.4. The lowest BCUT2D eigenvalue weighted by molar-refractivity contribution is -0.141. The molecule has 4 rings (SSSR count). The molecule has 2 aromatic heterocycles. The monoisotopic (exact) mass is 391 g/mol. The smallest absolute Gasteiger partial charge is 0.378 e. The van der Waals surface area contributed by atoms with E-state index in [1.807, 2.05) is 24.3 Å². The van der Waals surface area contributed by atoms with E-state index in [9.17, 15) is 23.1 Å². The number of imidazole rings is 1. The van der Waals surface area contributed by atoms with E-state index in [0.29, 0.717) is 5.56 Å². The van der Waals surface area contributed by atoms with Crippen molar-refractivity contribution in [1.82, 2.24) is 9.38 Å². The molecule has 0 saturated heterocycles. The highest BCUT2D eigenvalue weighted by Gasteiger charge is 2.35. The van der Waals surface area contributed by atoms with Gasteiger partial charge in [-0.3, -0.25) is 9.20 Å². The Hall–Kier alpha value is -2.91. The molecule has 0 aliphatic rings. The van der Waals surface area contributed by atoms with Crippen LogP contribution in [0.1, 0.15) is 17.4 Å². The number of alkyl halides is 3. The number of carbonyl (C=O) groups is 1. The summed E-state index contributed by atoms with van der Waals surface area (Å²) < 4.78 is 39.7. The third-order valence-corrected chi connectivity index (χ3v) is 5.09. The van der Waals surface area contributed by atoms with Crippen molar-refractivity contribution >= 4 is 38.7 Å². The zero-order chi connectivity index (χ0) is 19.2. The second kappa shape index (κ2) is 6.36. The van der Waals surface area contributed by atoms with E-state index in [4.69, 9.17) is 0 Å². The van der Waals surface area contributed by atoms with Gasteiger partial charge in [-0.15, -0.1) is 11.3 Å². The first-order chi connectivity index (χ1) is 12.8. The predicted molar refractivity (Wildman–Crippen MR) is 95.6 cm³/mol. The number of fused-ring (bicyclic) bond motifs is 2. The fourth-order valence-electron chi connectivity index (χ4n) is 2.79. The van der Waals surface area contributed by atoms with Gasteiger partial charge in [0, 0.05) is 5.38 Å². The van der Waals surface area contributed by atoms with Gasteiger partial charge in [0.15, 0.2) is 11.9 Å². The summed E-state index contributed by atoms with van der Waals surface area (Å²) in [4.78, 5) is 16.3. The Morgan fingerprint density at radius 3 is 2.67 bits per heavy atom. The topological polar surface area (TPSA) is 66.6 Å². The average molecular weight is 391 g/mol. The van der Waals surface area contributed by atoms with Crippen LogP contribution in [0, 0.1) is 0 Å². The number of halogens is 3. The van der Waals surface area contributed by atoms with Crippen LogP contribution in [0.2, 0.25) is 0 Å². The van der Waals surface area contributed by atoms with Crippen molar-refractivity contribution < 1.29 is 23.1 Å². The van der Waals surface area contributed by atoms with Gasteiger partial charge in [0.1, 0.15) is 16.9 Å². The molecule has 0 spiro atoms. The highest BCUT2D eigenvalue weighted by molar-refractivity contribution is 7.16. The highest BCUT2D eigenvalue weighted by atomic mass is 32.1. The fraction of sp³-hybridized carbons (Fsp3) is 0.111. The number of aliphatic hydroxyl groups excluding tert-OH is 1. The Kier molecular flexibility index (Phi) is 4.12. The van der Waals surface area contributed by atoms with Crippen LogP contribution in [0.5, 0.6) is 0 Å². The largest absolute Gasteiger partial charge is 0.432 e. The first-order valence-corrected chi connectivity index (χ1v) is 8.72. The van der Waals surface area contributed by atoms with E-state index in [-0.39, 0.29) is 10.6 Å². The maximum atomic E-state index is 12.9. The summed E-state index contributed by atoms with van der Waals surface area (Å²) in [6.45, 7) is 0. The molecule has 2 heterocycles. The Morgan fingerprint density at radius 2 is 1.93 bits per heavy atom. The number of amides is 1. The third-order valence-electron chi connectivity index (χ3n) is 4.14. The summed E-state index contributed by atoms with van der Waals surface area (Å²) in [5, 5.41) is 15.5. The van der Waals surface area contributed by atoms with E-state index in [1.165, 1.54) is 0 Å². The van der Waals surface area contributed by atoms with Gasteiger partial charge in [-0.1, -0.05) is 36.4 Å². The first-order valence-electron chi connectivity index (χ1n) is 7.84. The van der Waals surface area contributed by atoms with E-state index < -0.39 is 23.9 Å². The minimum atomic E-state index is -4.52. The Bertz CT molecular complexity index is 1150. The van der Waals surface area contributed by atoms with Crippen molar-refractivity contribution in [2.24, 2.45) is 0 Å². The molecule has 4 aromatic rings. The van der Waals surface area contributed by atoms with Crippen LogP contribution in [0.3, 0.4) is 0 Å². The normalized spacial score (nSPS) is 13.2. The van der Waals surface area contributed by atoms with Crippen molar-refractivity contribution in [1.29, 1.82) is 0 Å². The molecule has 0 fully saturated rings. The number of nitrogens with zero attached hydrogens (tertiary/aromatic N) is 2. The number of aromatic nitrogens is 2. The minimum Gasteiger partial charge on any atom is -0.378 e. The number of rotatable bonds is 3. The van der Waals surface area contributed by atoms with Gasteiger partial charge in [0.25, 0.3) is 5.91 Å². The average Bonchev–Trinajstić information content (AvgIpc) is 3.23. The van der Waals surface area contributed by atoms with Crippen LogP contribution in [0.15, 0.2) is 54.2 Å². The summed E-state index contributed by atoms with van der Waals surface area (Å²) in [7, 11) is 0. The van der Waals surface area contributed by atoms with Crippen molar-refractivity contribution in [2.45, 2.75) is 12.3 Å². The maximum Gasteiger partial charge on any atom is 0.432 e. The number of aliphatic hydroxyl groups is 1. The summed E-state index contributed by atoms with van der Waals surface area (Å²) in [6.07, 6.45) is -5.01. The fourth-order valence-corrected chi connectivity index (χ4v) is 3.74. The third kappa shape index (κ3) is 3.15. The van der Waals surface area contributed by atoms with E-state index in [2.05, 4.69) is 10.3 Å². The minimum absolute atomic E-state index is 0.0275. The van der Waals surface area contributed by atoms with Gasteiger partial charge in [0.05, 0.1) is 0 Å². The predicted octanol–water partition coefficient (Wildman–Crippen LogP) is 4.24. The molecule has 138 valence electrons. The van der Waals surface area contributed by atoms with Crippen molar-refractivity contribution in [2.75, 3.05) is 5.32 Å². The van der Waals surface area contributed by atoms with E-state index in [1.54, 1.807) is 18.2 Å². The molecule has 0 saturated carbocycles. The Morgan fingerprint density at radius 1 is 1.19 bits per heavy atom. The lowest BCUT2D eigenvalue weighted by atomic mass is 10.0. The van der Waals surface area contributed by atoms with Crippen molar-refractivity contribution in [3.63, 3.8) is 0 Å². The van der Waals surface area contributed by atoms with E-state index in [0.717, 1.165) is 38.2 Å². The quantitative estimate of drug-likeness (QED) is 0.549. The second-order valence-corrected chi connectivity index (χ2v) is 6.74. The molecule has 0 aliphatic heterocycles. The summed E-state index contributed by atoms with van der Waals surface area (Å²) in [5.74, 6) is -0.798. The first kappa shape index (κ1) is 17.5. The SMILES string of the molecule is O=C(Nc1ncn2c(C(F)(F)F)csc12)[C@@H](O)c1ccc2ccccc2c1. The summed E-state index contributed by atoms with van der Waals surface area (Å²) in [5.41, 5.74) is -0.491. The molecule has 2 aromatic carbocycles. The standard InChI is InChI=1S/C18H12F3N3O2S/c19-18(20,21)13-8-27-17-15(22-9-24(13)17)23-16(26)14(25)12-6-5-10-3-1-2-4-11(10)7-12/h1-9,14,25H,(H,23,26)/t14-/m0/s1. The number of nitrogens with one attached hydrogen (secondary N) is 1. The molecule has 0 radical (unpaired) electrons. The number of hydrogen-bond acceptors (Lipinski definition) is 4. The van der Waals surface area contributed by atoms with Gasteiger partial charge in [0.2, 0.25) is 0 Å². The summed E-state index contributed by atoms with van der Waals surface area (Å²) >= 11 is 0.810. The lowest BCUT2D eigenvalue weighted by Gasteiger charge is -2.11. The lowest BCUT2D eigenvalue weighted by Crippen LogP contribution is -2.21. The van der Waals surface area contributed by atoms with Gasteiger partial charge in [-0.25, -0.2) is 4.98 Å². The molecule has 2 N–H and O–H groups in total. The molecular weight excluding hydrogens is 379 g/mol. The number of hydrogen-bond donors (Lipinski definition) is 2. The molecule has 9 heteroatoms. The van der Waals surface area contributed by atoms with Gasteiger partial charge in [-0.05, 0) is 22.4 Å². The number of carbonyl (C=O) groups excluding carboxylic acids is 1. The van der Waals surface area contributed by atoms with Crippen LogP contribution >= 0.6 is 11.3 Å². The number of anilines is 1. The molecule has 0 aliphatic carbocycles. The number of thiazole rings is 1. The zero-order valence-electron chi connectivity index (χ0n) is 13.6. The number of benzene rings is 2. The molecule has 1 amide bonds. The Balaban J connectivity index is 1.59. The van der Waals surface area contributed by atoms with Crippen LogP contribution < -0.4 is 5.32 Å². The van der Waals surface area contributed by atoms with Crippen LogP contribution in [0.25, 0.3) is 15.6 Å². The molecule has 0 bridgehead atoms. The van der Waals surface area contributed by atoms with Crippen LogP contribution in [0.4, 0.5) is 19.0 Å². The molecular formula is C18H12F3N3O2S. The van der Waals surface area contributed by atoms with Gasteiger partial charge in [-0.2, -0.15) is 13.2 Å². The maximum absolute atomic E-state index is 12.9. The van der Waals surface area contributed by atoms with Gasteiger partial charge >= 0.3 is 6.18 Å². The van der Waals surface area contributed by atoms with Gasteiger partial charge < -0.3 is 10.4 Å².